The number of imidazole rings is 1. The van der Waals surface area contributed by atoms with Crippen LogP contribution in [0.25, 0.3) is 0 Å². The molecule has 0 aromatic carbocycles. The number of nitrogens with zero attached hydrogens (tertiary/aromatic N) is 1. The molecule has 2 unspecified atom stereocenters. The van der Waals surface area contributed by atoms with Crippen LogP contribution in [0.15, 0.2) is 12.4 Å². The molecule has 1 aromatic rings. The molecule has 0 fully saturated rings. The van der Waals surface area contributed by atoms with Gasteiger partial charge in [-0.2, -0.15) is 0 Å². The molecule has 6 heteroatoms. The molecule has 1 amide bonds. The molecule has 0 aliphatic carbocycles. The molecule has 3 N–H and O–H groups in total. The maximum absolute atomic E-state index is 12.0. The molecule has 0 bridgehead atoms. The van der Waals surface area contributed by atoms with E-state index in [2.05, 4.69) is 15.3 Å². The summed E-state index contributed by atoms with van der Waals surface area (Å²) in [5.41, 5.74) is -1.06. The molecule has 1 aromatic heterocycles. The normalized spacial score (nSPS) is 15.8. The molecule has 1 heterocycles. The number of nitrogens with one attached hydrogen (secondary N) is 2. The Balaban J connectivity index is 2.66. The third-order valence-corrected chi connectivity index (χ3v) is 3.60. The van der Waals surface area contributed by atoms with Gasteiger partial charge in [-0.25, -0.2) is 4.98 Å². The van der Waals surface area contributed by atoms with Gasteiger partial charge in [0.05, 0.1) is 11.5 Å². The summed E-state index contributed by atoms with van der Waals surface area (Å²) in [6.45, 7) is 7.00. The molecule has 0 aliphatic rings. The van der Waals surface area contributed by atoms with E-state index in [0.717, 1.165) is 0 Å². The summed E-state index contributed by atoms with van der Waals surface area (Å²) in [4.78, 5) is 30.2. The van der Waals surface area contributed by atoms with Crippen molar-refractivity contribution in [3.63, 3.8) is 0 Å². The zero-order valence-electron chi connectivity index (χ0n) is 11.7. The van der Waals surface area contributed by atoms with E-state index in [-0.39, 0.29) is 24.3 Å². The molecular formula is C13H21N3O3. The van der Waals surface area contributed by atoms with Crippen molar-refractivity contribution in [2.45, 2.75) is 40.2 Å². The Morgan fingerprint density at radius 1 is 1.47 bits per heavy atom. The highest BCUT2D eigenvalue weighted by Crippen LogP contribution is 2.31. The Labute approximate surface area is 112 Å². The minimum atomic E-state index is -1.06. The number of carboxylic acids is 1. The lowest BCUT2D eigenvalue weighted by molar-refractivity contribution is -0.153. The van der Waals surface area contributed by atoms with E-state index in [0.29, 0.717) is 5.82 Å². The fourth-order valence-corrected chi connectivity index (χ4v) is 1.74. The van der Waals surface area contributed by atoms with Gasteiger partial charge in [0, 0.05) is 18.8 Å². The van der Waals surface area contributed by atoms with Gasteiger partial charge in [-0.3, -0.25) is 9.59 Å². The number of hydrogen-bond acceptors (Lipinski definition) is 3. The van der Waals surface area contributed by atoms with Crippen molar-refractivity contribution in [2.75, 3.05) is 0 Å². The molecule has 106 valence electrons. The number of aliphatic carboxylic acids is 1. The number of hydrogen-bond donors (Lipinski definition) is 3. The molecule has 0 spiro atoms. The third-order valence-electron chi connectivity index (χ3n) is 3.60. The van der Waals surface area contributed by atoms with Crippen LogP contribution >= 0.6 is 0 Å². The Kier molecular flexibility index (Phi) is 4.69. The average molecular weight is 267 g/mol. The SMILES string of the molecule is CC(NC(=O)CC(C)(C(=O)O)C(C)C)c1ncc[nH]1. The van der Waals surface area contributed by atoms with Crippen LogP contribution in [0.4, 0.5) is 0 Å². The van der Waals surface area contributed by atoms with Gasteiger partial charge in [-0.15, -0.1) is 0 Å². The van der Waals surface area contributed by atoms with Crippen molar-refractivity contribution < 1.29 is 14.7 Å². The van der Waals surface area contributed by atoms with Gasteiger partial charge in [0.1, 0.15) is 5.82 Å². The second-order valence-corrected chi connectivity index (χ2v) is 5.32. The van der Waals surface area contributed by atoms with Crippen LogP contribution in [-0.2, 0) is 9.59 Å². The number of carboxylic acid groups (broad SMARTS) is 1. The lowest BCUT2D eigenvalue weighted by Gasteiger charge is -2.28. The van der Waals surface area contributed by atoms with Crippen LogP contribution in [-0.4, -0.2) is 27.0 Å². The fraction of sp³-hybridized carbons (Fsp3) is 0.615. The lowest BCUT2D eigenvalue weighted by Crippen LogP contribution is -2.39. The van der Waals surface area contributed by atoms with Crippen molar-refractivity contribution in [3.8, 4) is 0 Å². The first-order chi connectivity index (χ1) is 8.77. The van der Waals surface area contributed by atoms with Crippen LogP contribution in [0, 0.1) is 11.3 Å². The van der Waals surface area contributed by atoms with E-state index in [1.807, 2.05) is 0 Å². The number of rotatable bonds is 6. The molecule has 0 aliphatic heterocycles. The van der Waals surface area contributed by atoms with Crippen LogP contribution in [0.2, 0.25) is 0 Å². The molecule has 0 radical (unpaired) electrons. The summed E-state index contributed by atoms with van der Waals surface area (Å²) in [7, 11) is 0. The summed E-state index contributed by atoms with van der Waals surface area (Å²) < 4.78 is 0. The Bertz CT molecular complexity index is 442. The monoisotopic (exact) mass is 267 g/mol. The van der Waals surface area contributed by atoms with Gasteiger partial charge in [0.25, 0.3) is 0 Å². The van der Waals surface area contributed by atoms with Gasteiger partial charge in [0.2, 0.25) is 5.91 Å². The van der Waals surface area contributed by atoms with E-state index in [4.69, 9.17) is 0 Å². The third kappa shape index (κ3) is 3.56. The Hall–Kier alpha value is -1.85. The Morgan fingerprint density at radius 3 is 2.53 bits per heavy atom. The predicted molar refractivity (Wildman–Crippen MR) is 70.3 cm³/mol. The van der Waals surface area contributed by atoms with E-state index in [9.17, 15) is 14.7 Å². The smallest absolute Gasteiger partial charge is 0.310 e. The first-order valence-electron chi connectivity index (χ1n) is 6.29. The van der Waals surface area contributed by atoms with E-state index in [1.54, 1.807) is 40.1 Å². The molecule has 19 heavy (non-hydrogen) atoms. The number of aromatic amines is 1. The fourth-order valence-electron chi connectivity index (χ4n) is 1.74. The van der Waals surface area contributed by atoms with Crippen LogP contribution in [0.5, 0.6) is 0 Å². The molecule has 0 saturated heterocycles. The van der Waals surface area contributed by atoms with E-state index in [1.165, 1.54) is 0 Å². The summed E-state index contributed by atoms with van der Waals surface area (Å²) in [6.07, 6.45) is 3.23. The maximum atomic E-state index is 12.0. The highest BCUT2D eigenvalue weighted by molar-refractivity contribution is 5.85. The zero-order valence-corrected chi connectivity index (χ0v) is 11.7. The van der Waals surface area contributed by atoms with Crippen molar-refractivity contribution in [1.29, 1.82) is 0 Å². The van der Waals surface area contributed by atoms with Crippen molar-refractivity contribution in [3.05, 3.63) is 18.2 Å². The van der Waals surface area contributed by atoms with Gasteiger partial charge < -0.3 is 15.4 Å². The van der Waals surface area contributed by atoms with Gasteiger partial charge in [-0.1, -0.05) is 13.8 Å². The van der Waals surface area contributed by atoms with Crippen LogP contribution in [0.1, 0.15) is 46.0 Å². The predicted octanol–water partition coefficient (Wildman–Crippen LogP) is 1.72. The molecule has 2 atom stereocenters. The second-order valence-electron chi connectivity index (χ2n) is 5.32. The standard InChI is InChI=1S/C13H21N3O3/c1-8(2)13(4,12(18)19)7-10(17)16-9(3)11-14-5-6-15-11/h5-6,8-9H,7H2,1-4H3,(H,14,15)(H,16,17)(H,18,19). The van der Waals surface area contributed by atoms with E-state index < -0.39 is 11.4 Å². The van der Waals surface area contributed by atoms with Gasteiger partial charge in [0.15, 0.2) is 0 Å². The lowest BCUT2D eigenvalue weighted by atomic mass is 9.76. The van der Waals surface area contributed by atoms with E-state index >= 15 is 0 Å². The summed E-state index contributed by atoms with van der Waals surface area (Å²) in [5.74, 6) is -0.726. The van der Waals surface area contributed by atoms with Crippen molar-refractivity contribution >= 4 is 11.9 Å². The minimum absolute atomic E-state index is 0.0505. The topological polar surface area (TPSA) is 95.1 Å². The number of amides is 1. The second kappa shape index (κ2) is 5.86. The van der Waals surface area contributed by atoms with Crippen molar-refractivity contribution in [2.24, 2.45) is 11.3 Å². The highest BCUT2D eigenvalue weighted by Gasteiger charge is 2.39. The first kappa shape index (κ1) is 15.2. The minimum Gasteiger partial charge on any atom is -0.481 e. The van der Waals surface area contributed by atoms with Crippen LogP contribution < -0.4 is 5.32 Å². The summed E-state index contributed by atoms with van der Waals surface area (Å²) in [6, 6.07) is -0.271. The number of carbonyl (C=O) groups is 2. The highest BCUT2D eigenvalue weighted by atomic mass is 16.4. The quantitative estimate of drug-likeness (QED) is 0.731. The zero-order chi connectivity index (χ0) is 14.6. The van der Waals surface area contributed by atoms with Gasteiger partial charge in [-0.05, 0) is 19.8 Å². The number of carbonyl (C=O) groups excluding carboxylic acids is 1. The van der Waals surface area contributed by atoms with Crippen molar-refractivity contribution in [1.82, 2.24) is 15.3 Å². The van der Waals surface area contributed by atoms with Gasteiger partial charge >= 0.3 is 5.97 Å². The molecule has 1 rings (SSSR count). The molecule has 6 nitrogen and oxygen atoms in total. The maximum Gasteiger partial charge on any atom is 0.310 e. The number of H-pyrrole nitrogens is 1. The molecule has 0 saturated carbocycles. The molecular weight excluding hydrogens is 246 g/mol. The summed E-state index contributed by atoms with van der Waals surface area (Å²) >= 11 is 0. The summed E-state index contributed by atoms with van der Waals surface area (Å²) in [5, 5.41) is 12.0. The first-order valence-corrected chi connectivity index (χ1v) is 6.29. The van der Waals surface area contributed by atoms with Crippen LogP contribution in [0.3, 0.4) is 0 Å². The number of aromatic nitrogens is 2. The largest absolute Gasteiger partial charge is 0.481 e. The Morgan fingerprint density at radius 2 is 2.11 bits per heavy atom. The average Bonchev–Trinajstić information content (AvgIpc) is 2.81.